The van der Waals surface area contributed by atoms with Gasteiger partial charge in [-0.3, -0.25) is 9.10 Å². The molecule has 25 heavy (non-hydrogen) atoms. The van der Waals surface area contributed by atoms with E-state index in [1.54, 1.807) is 24.3 Å². The second-order valence-electron chi connectivity index (χ2n) is 6.04. The predicted octanol–water partition coefficient (Wildman–Crippen LogP) is 2.86. The van der Waals surface area contributed by atoms with Gasteiger partial charge >= 0.3 is 0 Å². The number of carbonyl (C=O) groups is 1. The molecule has 1 N–H and O–H groups in total. The normalized spacial score (nSPS) is 11.1. The van der Waals surface area contributed by atoms with Gasteiger partial charge in [0, 0.05) is 19.5 Å². The SMILES string of the molecule is Cc1cccc(CNC(=O)CCCN(c2ccccc2)S(C)(=O)=O)c1. The molecule has 2 rings (SSSR count). The van der Waals surface area contributed by atoms with E-state index in [9.17, 15) is 13.2 Å². The fourth-order valence-electron chi connectivity index (χ4n) is 2.58. The molecule has 0 aliphatic rings. The molecular formula is C19H24N2O3S. The number of carbonyl (C=O) groups excluding carboxylic acids is 1. The average molecular weight is 360 g/mol. The molecule has 0 aromatic heterocycles. The molecule has 6 heteroatoms. The van der Waals surface area contributed by atoms with E-state index in [1.807, 2.05) is 37.3 Å². The molecule has 0 saturated carbocycles. The molecule has 0 atom stereocenters. The van der Waals surface area contributed by atoms with Gasteiger partial charge < -0.3 is 5.32 Å². The zero-order valence-electron chi connectivity index (χ0n) is 14.6. The number of anilines is 1. The van der Waals surface area contributed by atoms with Crippen LogP contribution in [0.3, 0.4) is 0 Å². The number of para-hydroxylation sites is 1. The minimum absolute atomic E-state index is 0.0805. The van der Waals surface area contributed by atoms with Crippen molar-refractivity contribution in [2.75, 3.05) is 17.1 Å². The summed E-state index contributed by atoms with van der Waals surface area (Å²) >= 11 is 0. The van der Waals surface area contributed by atoms with Gasteiger partial charge in [-0.05, 0) is 31.0 Å². The number of benzene rings is 2. The van der Waals surface area contributed by atoms with Crippen LogP contribution in [0.25, 0.3) is 0 Å². The highest BCUT2D eigenvalue weighted by molar-refractivity contribution is 7.92. The summed E-state index contributed by atoms with van der Waals surface area (Å²) in [7, 11) is -3.37. The molecule has 2 aromatic rings. The van der Waals surface area contributed by atoms with Crippen LogP contribution in [-0.2, 0) is 21.4 Å². The Balaban J connectivity index is 1.84. The first-order valence-electron chi connectivity index (χ1n) is 8.21. The van der Waals surface area contributed by atoms with E-state index >= 15 is 0 Å². The fraction of sp³-hybridized carbons (Fsp3) is 0.316. The Morgan fingerprint density at radius 1 is 1.08 bits per heavy atom. The zero-order chi connectivity index (χ0) is 18.3. The van der Waals surface area contributed by atoms with Crippen molar-refractivity contribution in [1.82, 2.24) is 5.32 Å². The van der Waals surface area contributed by atoms with Crippen molar-refractivity contribution >= 4 is 21.6 Å². The number of nitrogens with one attached hydrogen (secondary N) is 1. The topological polar surface area (TPSA) is 66.5 Å². The zero-order valence-corrected chi connectivity index (χ0v) is 15.4. The van der Waals surface area contributed by atoms with Gasteiger partial charge in [-0.1, -0.05) is 48.0 Å². The third-order valence-electron chi connectivity index (χ3n) is 3.78. The lowest BCUT2D eigenvalue weighted by Crippen LogP contribution is -2.32. The van der Waals surface area contributed by atoms with Gasteiger partial charge in [-0.25, -0.2) is 8.42 Å². The Hall–Kier alpha value is -2.34. The van der Waals surface area contributed by atoms with Crippen LogP contribution in [0.1, 0.15) is 24.0 Å². The summed E-state index contributed by atoms with van der Waals surface area (Å²) in [5, 5.41) is 2.87. The number of nitrogens with zero attached hydrogens (tertiary/aromatic N) is 1. The summed E-state index contributed by atoms with van der Waals surface area (Å²) in [4.78, 5) is 12.0. The monoisotopic (exact) mass is 360 g/mol. The van der Waals surface area contributed by atoms with E-state index in [0.29, 0.717) is 18.7 Å². The van der Waals surface area contributed by atoms with Crippen molar-refractivity contribution in [1.29, 1.82) is 0 Å². The van der Waals surface area contributed by atoms with E-state index in [1.165, 1.54) is 10.6 Å². The molecule has 0 spiro atoms. The van der Waals surface area contributed by atoms with Crippen LogP contribution < -0.4 is 9.62 Å². The van der Waals surface area contributed by atoms with Crippen molar-refractivity contribution < 1.29 is 13.2 Å². The predicted molar refractivity (Wildman–Crippen MR) is 101 cm³/mol. The Kier molecular flexibility index (Phi) is 6.58. The van der Waals surface area contributed by atoms with Crippen LogP contribution in [-0.4, -0.2) is 27.1 Å². The van der Waals surface area contributed by atoms with Crippen molar-refractivity contribution in [3.05, 3.63) is 65.7 Å². The van der Waals surface area contributed by atoms with Crippen LogP contribution in [0.4, 0.5) is 5.69 Å². The van der Waals surface area contributed by atoms with Crippen molar-refractivity contribution in [3.8, 4) is 0 Å². The minimum Gasteiger partial charge on any atom is -0.352 e. The smallest absolute Gasteiger partial charge is 0.232 e. The molecule has 0 fully saturated rings. The molecule has 0 aliphatic carbocycles. The quantitative estimate of drug-likeness (QED) is 0.787. The summed E-state index contributed by atoms with van der Waals surface area (Å²) in [6, 6.07) is 16.9. The Labute approximate surface area is 149 Å². The van der Waals surface area contributed by atoms with Crippen LogP contribution >= 0.6 is 0 Å². The lowest BCUT2D eigenvalue weighted by molar-refractivity contribution is -0.121. The number of amides is 1. The van der Waals surface area contributed by atoms with Crippen molar-refractivity contribution in [2.24, 2.45) is 0 Å². The van der Waals surface area contributed by atoms with Crippen LogP contribution in [0.15, 0.2) is 54.6 Å². The molecule has 0 aliphatic heterocycles. The second kappa shape index (κ2) is 8.67. The van der Waals surface area contributed by atoms with E-state index in [2.05, 4.69) is 5.32 Å². The summed E-state index contributed by atoms with van der Waals surface area (Å²) in [6.45, 7) is 2.77. The first kappa shape index (κ1) is 19.0. The van der Waals surface area contributed by atoms with Gasteiger partial charge in [0.25, 0.3) is 0 Å². The average Bonchev–Trinajstić information content (AvgIpc) is 2.56. The maximum Gasteiger partial charge on any atom is 0.232 e. The van der Waals surface area contributed by atoms with Gasteiger partial charge in [-0.15, -0.1) is 0 Å². The van der Waals surface area contributed by atoms with E-state index in [4.69, 9.17) is 0 Å². The molecule has 1 amide bonds. The van der Waals surface area contributed by atoms with Crippen molar-refractivity contribution in [2.45, 2.75) is 26.3 Å². The highest BCUT2D eigenvalue weighted by Crippen LogP contribution is 2.17. The van der Waals surface area contributed by atoms with Gasteiger partial charge in [0.2, 0.25) is 15.9 Å². The second-order valence-corrected chi connectivity index (χ2v) is 7.95. The van der Waals surface area contributed by atoms with Gasteiger partial charge in [0.1, 0.15) is 0 Å². The van der Waals surface area contributed by atoms with E-state index < -0.39 is 10.0 Å². The first-order valence-corrected chi connectivity index (χ1v) is 10.1. The van der Waals surface area contributed by atoms with Crippen molar-refractivity contribution in [3.63, 3.8) is 0 Å². The third-order valence-corrected chi connectivity index (χ3v) is 4.98. The van der Waals surface area contributed by atoms with E-state index in [-0.39, 0.29) is 18.9 Å². The van der Waals surface area contributed by atoms with Crippen LogP contribution in [0.5, 0.6) is 0 Å². The third kappa shape index (κ3) is 6.23. The molecule has 0 unspecified atom stereocenters. The summed E-state index contributed by atoms with van der Waals surface area (Å²) in [5.41, 5.74) is 2.82. The molecule has 134 valence electrons. The number of hydrogen-bond donors (Lipinski definition) is 1. The van der Waals surface area contributed by atoms with Gasteiger partial charge in [0.15, 0.2) is 0 Å². The van der Waals surface area contributed by atoms with Gasteiger partial charge in [0.05, 0.1) is 11.9 Å². The maximum absolute atomic E-state index is 12.0. The van der Waals surface area contributed by atoms with E-state index in [0.717, 1.165) is 11.1 Å². The number of sulfonamides is 1. The number of hydrogen-bond acceptors (Lipinski definition) is 3. The molecule has 0 saturated heterocycles. The highest BCUT2D eigenvalue weighted by Gasteiger charge is 2.17. The molecule has 2 aromatic carbocycles. The molecule has 5 nitrogen and oxygen atoms in total. The maximum atomic E-state index is 12.0. The number of rotatable bonds is 8. The summed E-state index contributed by atoms with van der Waals surface area (Å²) < 4.78 is 25.3. The lowest BCUT2D eigenvalue weighted by Gasteiger charge is -2.22. The molecule has 0 radical (unpaired) electrons. The van der Waals surface area contributed by atoms with Crippen LogP contribution in [0, 0.1) is 6.92 Å². The fourth-order valence-corrected chi connectivity index (χ4v) is 3.54. The molecule has 0 heterocycles. The Morgan fingerprint density at radius 2 is 1.80 bits per heavy atom. The lowest BCUT2D eigenvalue weighted by atomic mass is 10.1. The standard InChI is InChI=1S/C19H24N2O3S/c1-16-8-6-9-17(14-16)15-20-19(22)12-7-13-21(25(2,23)24)18-10-4-3-5-11-18/h3-6,8-11,14H,7,12-13,15H2,1-2H3,(H,20,22). The largest absolute Gasteiger partial charge is 0.352 e. The number of aryl methyl sites for hydroxylation is 1. The molecule has 0 bridgehead atoms. The van der Waals surface area contributed by atoms with Crippen LogP contribution in [0.2, 0.25) is 0 Å². The summed E-state index contributed by atoms with van der Waals surface area (Å²) in [5.74, 6) is -0.0805. The highest BCUT2D eigenvalue weighted by atomic mass is 32.2. The minimum atomic E-state index is -3.37. The first-order chi connectivity index (χ1) is 11.9. The summed E-state index contributed by atoms with van der Waals surface area (Å²) in [6.07, 6.45) is 1.92. The Morgan fingerprint density at radius 3 is 2.44 bits per heavy atom. The molecular weight excluding hydrogens is 336 g/mol. The van der Waals surface area contributed by atoms with Gasteiger partial charge in [-0.2, -0.15) is 0 Å². The Bertz CT molecular complexity index is 804.